The fourth-order valence-electron chi connectivity index (χ4n) is 2.91. The third-order valence-electron chi connectivity index (χ3n) is 4.49. The van der Waals surface area contributed by atoms with Crippen molar-refractivity contribution in [2.45, 2.75) is 40.2 Å². The maximum Gasteiger partial charge on any atom is 0.336 e. The van der Waals surface area contributed by atoms with Crippen LogP contribution in [0.15, 0.2) is 21.3 Å². The van der Waals surface area contributed by atoms with Crippen molar-refractivity contribution in [1.29, 1.82) is 0 Å². The van der Waals surface area contributed by atoms with Crippen molar-refractivity contribution < 1.29 is 19.1 Å². The first kappa shape index (κ1) is 19.0. The largest absolute Gasteiger partial charge is 0.507 e. The molecule has 0 fully saturated rings. The predicted molar refractivity (Wildman–Crippen MR) is 95.8 cm³/mol. The number of hydrogen-bond acceptors (Lipinski definition) is 6. The first-order chi connectivity index (χ1) is 11.9. The summed E-state index contributed by atoms with van der Waals surface area (Å²) in [7, 11) is 1.34. The zero-order valence-corrected chi connectivity index (χ0v) is 15.2. The minimum atomic E-state index is -0.437. The number of phenolic OH excluding ortho intramolecular Hbond substituents is 1. The number of ether oxygens (including phenoxy) is 1. The average molecular weight is 347 g/mol. The van der Waals surface area contributed by atoms with E-state index in [-0.39, 0.29) is 18.1 Å². The van der Waals surface area contributed by atoms with Crippen molar-refractivity contribution in [3.63, 3.8) is 0 Å². The molecule has 0 radical (unpaired) electrons. The summed E-state index contributed by atoms with van der Waals surface area (Å²) in [6, 6.07) is 3.22. The molecule has 0 bridgehead atoms. The van der Waals surface area contributed by atoms with E-state index in [2.05, 4.69) is 9.64 Å². The van der Waals surface area contributed by atoms with E-state index < -0.39 is 5.63 Å². The van der Waals surface area contributed by atoms with Gasteiger partial charge in [-0.1, -0.05) is 13.8 Å². The summed E-state index contributed by atoms with van der Waals surface area (Å²) in [5.74, 6) is -0.252. The molecule has 6 heteroatoms. The summed E-state index contributed by atoms with van der Waals surface area (Å²) in [6.45, 7) is 7.98. The summed E-state index contributed by atoms with van der Waals surface area (Å²) >= 11 is 0. The van der Waals surface area contributed by atoms with Crippen LogP contribution < -0.4 is 5.63 Å². The number of methoxy groups -OCH3 is 1. The molecule has 0 amide bonds. The molecule has 1 heterocycles. The minimum absolute atomic E-state index is 0.0806. The highest BCUT2D eigenvalue weighted by molar-refractivity contribution is 5.86. The molecule has 6 nitrogen and oxygen atoms in total. The molecule has 1 aromatic heterocycles. The molecular formula is C19H25NO5. The van der Waals surface area contributed by atoms with Gasteiger partial charge >= 0.3 is 11.6 Å². The Morgan fingerprint density at radius 3 is 2.56 bits per heavy atom. The number of nitrogens with zero attached hydrogens (tertiary/aromatic N) is 1. The fraction of sp³-hybridized carbons (Fsp3) is 0.474. The van der Waals surface area contributed by atoms with E-state index in [9.17, 15) is 14.7 Å². The number of rotatable bonds is 7. The van der Waals surface area contributed by atoms with Crippen LogP contribution in [0.5, 0.6) is 5.75 Å². The Hall–Kier alpha value is -2.34. The van der Waals surface area contributed by atoms with Gasteiger partial charge in [0, 0.05) is 24.4 Å². The first-order valence-electron chi connectivity index (χ1n) is 8.48. The highest BCUT2D eigenvalue weighted by Gasteiger charge is 2.19. The highest BCUT2D eigenvalue weighted by Crippen LogP contribution is 2.34. The molecule has 136 valence electrons. The molecule has 25 heavy (non-hydrogen) atoms. The Morgan fingerprint density at radius 2 is 1.96 bits per heavy atom. The Labute approximate surface area is 147 Å². The van der Waals surface area contributed by atoms with Gasteiger partial charge in [0.05, 0.1) is 12.7 Å². The van der Waals surface area contributed by atoms with Gasteiger partial charge in [-0.05, 0) is 43.6 Å². The van der Waals surface area contributed by atoms with Crippen LogP contribution in [0.1, 0.15) is 37.0 Å². The summed E-state index contributed by atoms with van der Waals surface area (Å²) in [4.78, 5) is 25.4. The van der Waals surface area contributed by atoms with Crippen molar-refractivity contribution in [1.82, 2.24) is 4.90 Å². The topological polar surface area (TPSA) is 80.0 Å². The van der Waals surface area contributed by atoms with E-state index >= 15 is 0 Å². The maximum absolute atomic E-state index is 11.8. The van der Waals surface area contributed by atoms with Gasteiger partial charge in [0.25, 0.3) is 0 Å². The molecule has 0 aliphatic heterocycles. The van der Waals surface area contributed by atoms with Gasteiger partial charge in [0.2, 0.25) is 0 Å². The normalized spacial score (nSPS) is 11.2. The van der Waals surface area contributed by atoms with Crippen molar-refractivity contribution in [3.05, 3.63) is 39.2 Å². The van der Waals surface area contributed by atoms with E-state index in [4.69, 9.17) is 4.42 Å². The molecular weight excluding hydrogens is 322 g/mol. The van der Waals surface area contributed by atoms with Crippen LogP contribution in [-0.4, -0.2) is 36.2 Å². The molecule has 2 rings (SSSR count). The third kappa shape index (κ3) is 4.20. The number of phenols is 1. The lowest BCUT2D eigenvalue weighted by molar-refractivity contribution is -0.140. The zero-order valence-electron chi connectivity index (χ0n) is 15.2. The standard InChI is InChI=1S/C19H25NO5/c1-5-20(6-2)11-15-18(23)13(7-8-16(21)24-4)10-14-12(3)9-17(22)25-19(14)15/h9-10,23H,5-8,11H2,1-4H3. The van der Waals surface area contributed by atoms with Crippen molar-refractivity contribution >= 4 is 16.9 Å². The monoisotopic (exact) mass is 347 g/mol. The van der Waals surface area contributed by atoms with Crippen LogP contribution in [0.25, 0.3) is 11.0 Å². The number of aryl methyl sites for hydroxylation is 2. The van der Waals surface area contributed by atoms with Crippen LogP contribution in [0.4, 0.5) is 0 Å². The number of fused-ring (bicyclic) bond motifs is 1. The van der Waals surface area contributed by atoms with E-state index in [1.54, 1.807) is 6.07 Å². The Balaban J connectivity index is 2.61. The fourth-order valence-corrected chi connectivity index (χ4v) is 2.91. The van der Waals surface area contributed by atoms with Gasteiger partial charge in [-0.2, -0.15) is 0 Å². The summed E-state index contributed by atoms with van der Waals surface area (Å²) in [6.07, 6.45) is 0.536. The van der Waals surface area contributed by atoms with Gasteiger partial charge in [0.1, 0.15) is 11.3 Å². The molecule has 0 saturated carbocycles. The smallest absolute Gasteiger partial charge is 0.336 e. The first-order valence-corrected chi connectivity index (χ1v) is 8.48. The Kier molecular flexibility index (Phi) is 6.20. The average Bonchev–Trinajstić information content (AvgIpc) is 2.59. The van der Waals surface area contributed by atoms with Gasteiger partial charge in [-0.25, -0.2) is 4.79 Å². The molecule has 0 aliphatic carbocycles. The quantitative estimate of drug-likeness (QED) is 0.613. The molecule has 1 N–H and O–H groups in total. The SMILES string of the molecule is CCN(CC)Cc1c(O)c(CCC(=O)OC)cc2c(C)cc(=O)oc12. The lowest BCUT2D eigenvalue weighted by Gasteiger charge is -2.21. The predicted octanol–water partition coefficient (Wildman–Crippen LogP) is 2.75. The summed E-state index contributed by atoms with van der Waals surface area (Å²) in [5, 5.41) is 11.5. The van der Waals surface area contributed by atoms with E-state index in [0.717, 1.165) is 24.0 Å². The Bertz CT molecular complexity index is 821. The van der Waals surface area contributed by atoms with Crippen molar-refractivity contribution in [3.8, 4) is 5.75 Å². The third-order valence-corrected chi connectivity index (χ3v) is 4.49. The van der Waals surface area contributed by atoms with Crippen LogP contribution in [0, 0.1) is 6.92 Å². The lowest BCUT2D eigenvalue weighted by Crippen LogP contribution is -2.22. The molecule has 0 saturated heterocycles. The molecule has 1 aromatic carbocycles. The molecule has 0 atom stereocenters. The maximum atomic E-state index is 11.8. The van der Waals surface area contributed by atoms with Crippen LogP contribution in [0.2, 0.25) is 0 Å². The second-order valence-corrected chi connectivity index (χ2v) is 6.03. The minimum Gasteiger partial charge on any atom is -0.507 e. The second kappa shape index (κ2) is 8.16. The molecule has 2 aromatic rings. The Morgan fingerprint density at radius 1 is 1.28 bits per heavy atom. The number of aromatic hydroxyl groups is 1. The second-order valence-electron chi connectivity index (χ2n) is 6.03. The van der Waals surface area contributed by atoms with Crippen LogP contribution in [-0.2, 0) is 22.5 Å². The number of esters is 1. The van der Waals surface area contributed by atoms with Gasteiger partial charge < -0.3 is 14.3 Å². The van der Waals surface area contributed by atoms with Crippen molar-refractivity contribution in [2.75, 3.05) is 20.2 Å². The van der Waals surface area contributed by atoms with E-state index in [1.165, 1.54) is 13.2 Å². The zero-order chi connectivity index (χ0) is 18.6. The van der Waals surface area contributed by atoms with Crippen LogP contribution >= 0.6 is 0 Å². The molecule has 0 unspecified atom stereocenters. The number of carbonyl (C=O) groups is 1. The van der Waals surface area contributed by atoms with Crippen LogP contribution in [0.3, 0.4) is 0 Å². The number of carbonyl (C=O) groups excluding carboxylic acids is 1. The van der Waals surface area contributed by atoms with E-state index in [1.807, 2.05) is 20.8 Å². The summed E-state index contributed by atoms with van der Waals surface area (Å²) in [5.41, 5.74) is 1.99. The number of hydrogen-bond donors (Lipinski definition) is 1. The van der Waals surface area contributed by atoms with Gasteiger partial charge in [0.15, 0.2) is 0 Å². The van der Waals surface area contributed by atoms with Gasteiger partial charge in [-0.3, -0.25) is 9.69 Å². The van der Waals surface area contributed by atoms with Gasteiger partial charge in [-0.15, -0.1) is 0 Å². The summed E-state index contributed by atoms with van der Waals surface area (Å²) < 4.78 is 10.1. The lowest BCUT2D eigenvalue weighted by atomic mass is 9.98. The molecule has 0 aliphatic rings. The van der Waals surface area contributed by atoms with E-state index in [0.29, 0.717) is 29.7 Å². The highest BCUT2D eigenvalue weighted by atomic mass is 16.5. The molecule has 0 spiro atoms. The van der Waals surface area contributed by atoms with Crippen molar-refractivity contribution in [2.24, 2.45) is 0 Å². The number of benzene rings is 1.